The first-order valence-corrected chi connectivity index (χ1v) is 20.8. The van der Waals surface area contributed by atoms with E-state index >= 15 is 0 Å². The molecule has 0 radical (unpaired) electrons. The maximum absolute atomic E-state index is 11.1. The highest BCUT2D eigenvalue weighted by Gasteiger charge is 2.44. The van der Waals surface area contributed by atoms with E-state index in [0.29, 0.717) is 38.3 Å². The van der Waals surface area contributed by atoms with E-state index in [-0.39, 0.29) is 17.4 Å². The summed E-state index contributed by atoms with van der Waals surface area (Å²) in [5.74, 6) is 0. The third-order valence-electron chi connectivity index (χ3n) is 10.2. The lowest BCUT2D eigenvalue weighted by Gasteiger charge is -2.27. The second-order valence-electron chi connectivity index (χ2n) is 14.3. The molecule has 0 saturated heterocycles. The number of nitrogens with zero attached hydrogens (tertiary/aromatic N) is 2. The van der Waals surface area contributed by atoms with Crippen molar-refractivity contribution in [3.05, 3.63) is 136 Å². The Hall–Kier alpha value is -3.50. The molecule has 2 heterocycles. The fourth-order valence-electron chi connectivity index (χ4n) is 7.61. The van der Waals surface area contributed by atoms with Gasteiger partial charge in [0.15, 0.2) is 24.6 Å². The molecule has 0 spiro atoms. The molecule has 6 rings (SSSR count). The summed E-state index contributed by atoms with van der Waals surface area (Å²) in [7, 11) is -4.75. The van der Waals surface area contributed by atoms with Gasteiger partial charge in [-0.15, -0.1) is 4.33 Å². The molecule has 286 valence electrons. The second-order valence-corrected chi connectivity index (χ2v) is 16.9. The lowest BCUT2D eigenvalue weighted by molar-refractivity contribution is -0.777. The number of rotatable bonds is 17. The van der Waals surface area contributed by atoms with E-state index in [9.17, 15) is 18.2 Å². The first kappa shape index (κ1) is 40.2. The van der Waals surface area contributed by atoms with Gasteiger partial charge in [-0.1, -0.05) is 92.4 Å². The zero-order valence-electron chi connectivity index (χ0n) is 30.9. The molecule has 0 N–H and O–H groups in total. The molecule has 0 bridgehead atoms. The summed E-state index contributed by atoms with van der Waals surface area (Å²) in [6.07, 6.45) is 11.9. The van der Waals surface area contributed by atoms with Gasteiger partial charge in [0.05, 0.1) is 18.6 Å². The monoisotopic (exact) mass is 789 g/mol. The first-order chi connectivity index (χ1) is 25.9. The Balaban J connectivity index is 1.34. The van der Waals surface area contributed by atoms with Crippen LogP contribution in [0.1, 0.15) is 64.5 Å². The summed E-state index contributed by atoms with van der Waals surface area (Å²) >= 11 is 2.31. The predicted octanol–water partition coefficient (Wildman–Crippen LogP) is 8.13. The second kappa shape index (κ2) is 17.5. The fraction of sp³-hybridized carbons (Fsp3) is 0.341. The van der Waals surface area contributed by atoms with Gasteiger partial charge in [0.25, 0.3) is 0 Å². The molecule has 2 aliphatic heterocycles. The highest BCUT2D eigenvalue weighted by Crippen LogP contribution is 2.49. The minimum Gasteiger partial charge on any atom is -0.726 e. The van der Waals surface area contributed by atoms with Crippen molar-refractivity contribution in [2.24, 2.45) is 0 Å². The van der Waals surface area contributed by atoms with Crippen LogP contribution in [0.2, 0.25) is 0 Å². The van der Waals surface area contributed by atoms with Crippen LogP contribution < -0.4 is 10.2 Å². The molecular formula is C41H45N2O8S3-. The van der Waals surface area contributed by atoms with Gasteiger partial charge >= 0.3 is 0 Å². The minimum atomic E-state index is -4.75. The normalized spacial score (nSPS) is 19.2. The molecule has 1 aliphatic carbocycles. The van der Waals surface area contributed by atoms with Gasteiger partial charge in [0.1, 0.15) is 0 Å². The van der Waals surface area contributed by atoms with Gasteiger partial charge in [-0.25, -0.2) is 8.42 Å². The van der Waals surface area contributed by atoms with Crippen LogP contribution >= 0.6 is 24.1 Å². The molecule has 0 unspecified atom stereocenters. The Kier molecular flexibility index (Phi) is 13.0. The number of allylic oxidation sites excluding steroid dienone is 7. The van der Waals surface area contributed by atoms with Crippen LogP contribution in [0.3, 0.4) is 0 Å². The number of thioether (sulfide) groups is 1. The van der Waals surface area contributed by atoms with Crippen LogP contribution in [0.15, 0.2) is 130 Å². The van der Waals surface area contributed by atoms with E-state index in [1.807, 2.05) is 18.2 Å². The van der Waals surface area contributed by atoms with E-state index in [0.717, 1.165) is 35.7 Å². The molecule has 0 saturated carbocycles. The summed E-state index contributed by atoms with van der Waals surface area (Å²) in [6.45, 7) is 10.4. The average molecular weight is 790 g/mol. The van der Waals surface area contributed by atoms with Crippen molar-refractivity contribution in [3.63, 3.8) is 0 Å². The Labute approximate surface area is 327 Å². The van der Waals surface area contributed by atoms with Crippen molar-refractivity contribution in [1.82, 2.24) is 0 Å². The van der Waals surface area contributed by atoms with Gasteiger partial charge in [0, 0.05) is 57.3 Å². The molecule has 0 amide bonds. The van der Waals surface area contributed by atoms with Gasteiger partial charge in [0.2, 0.25) is 16.1 Å². The van der Waals surface area contributed by atoms with Crippen molar-refractivity contribution in [3.8, 4) is 0 Å². The fourth-order valence-corrected chi connectivity index (χ4v) is 9.31. The highest BCUT2D eigenvalue weighted by molar-refractivity contribution is 8.03. The zero-order chi connectivity index (χ0) is 38.3. The Morgan fingerprint density at radius 2 is 1.57 bits per heavy atom. The largest absolute Gasteiger partial charge is 0.726 e. The first-order valence-electron chi connectivity index (χ1n) is 17.9. The van der Waals surface area contributed by atoms with Crippen molar-refractivity contribution in [2.75, 3.05) is 31.2 Å². The van der Waals surface area contributed by atoms with Gasteiger partial charge in [-0.3, -0.25) is 13.4 Å². The number of hydrogen-bond acceptors (Lipinski definition) is 11. The number of fused-ring (bicyclic) bond motifs is 2. The van der Waals surface area contributed by atoms with Gasteiger partial charge < -0.3 is 14.7 Å². The molecule has 3 aliphatic rings. The van der Waals surface area contributed by atoms with Crippen molar-refractivity contribution in [2.45, 2.75) is 69.1 Å². The number of benzene rings is 3. The van der Waals surface area contributed by atoms with Crippen LogP contribution in [0, 0.1) is 0 Å². The van der Waals surface area contributed by atoms with Gasteiger partial charge in [-0.2, -0.15) is 4.58 Å². The van der Waals surface area contributed by atoms with Gasteiger partial charge in [-0.05, 0) is 74.1 Å². The maximum atomic E-state index is 11.1. The molecule has 0 atom stereocenters. The Morgan fingerprint density at radius 3 is 2.33 bits per heavy atom. The zero-order valence-corrected chi connectivity index (χ0v) is 33.3. The summed E-state index contributed by atoms with van der Waals surface area (Å²) < 4.78 is 49.7. The van der Waals surface area contributed by atoms with E-state index < -0.39 is 10.4 Å². The highest BCUT2D eigenvalue weighted by atomic mass is 32.3. The third kappa shape index (κ3) is 9.13. The van der Waals surface area contributed by atoms with Crippen LogP contribution in [0.4, 0.5) is 11.4 Å². The standard InChI is InChI=1S/C41H46N2O8S3/c1-40(2)33-16-8-10-18-35(33)42(26-12-28-48-53-51-50-44)37(40)24-22-30-20-21-31(39(30)52-32-14-6-5-7-15-32)23-25-38-41(3,4)34-17-9-11-19-36(34)43(38)27-13-29-49-54(45,46)47/h5-11,14-19,22-25H,12-13,20-21,26-29H2,1-4H3,(H-,44,45,46,47)/p-1. The lowest BCUT2D eigenvalue weighted by atomic mass is 9.81. The minimum absolute atomic E-state index is 0.173. The lowest BCUT2D eigenvalue weighted by Crippen LogP contribution is -2.28. The average Bonchev–Trinajstić information content (AvgIpc) is 3.70. The summed E-state index contributed by atoms with van der Waals surface area (Å²) in [6, 6.07) is 27.2. The van der Waals surface area contributed by atoms with E-state index in [2.05, 4.69) is 136 Å². The molecule has 54 heavy (non-hydrogen) atoms. The van der Waals surface area contributed by atoms with Crippen molar-refractivity contribution in [1.29, 1.82) is 0 Å². The van der Waals surface area contributed by atoms with E-state index in [4.69, 9.17) is 4.18 Å². The van der Waals surface area contributed by atoms with E-state index in [1.165, 1.54) is 38.6 Å². The molecule has 13 heteroatoms. The SMILES string of the molecule is CC1(C)C(/C=C/C2=C(Sc3ccccc3)C(=C/C=C3/N(CCCOS(=O)(=O)[O-])c4ccccc4C3(C)C)/CC2)=[N+](CCCOSOO[O-])c2ccccc21. The van der Waals surface area contributed by atoms with Crippen molar-refractivity contribution < 1.29 is 40.5 Å². The molecule has 10 nitrogen and oxygen atoms in total. The quantitative estimate of drug-likeness (QED) is 0.0251. The van der Waals surface area contributed by atoms with E-state index in [1.54, 1.807) is 11.8 Å². The summed E-state index contributed by atoms with van der Waals surface area (Å²) in [4.78, 5) is 4.61. The third-order valence-corrected chi connectivity index (χ3v) is 12.2. The number of hydrogen-bond donors (Lipinski definition) is 0. The molecule has 3 aromatic rings. The number of anilines is 1. The molecular weight excluding hydrogens is 745 g/mol. The number of para-hydroxylation sites is 2. The smallest absolute Gasteiger partial charge is 0.217 e. The van der Waals surface area contributed by atoms with Crippen LogP contribution in [0.5, 0.6) is 0 Å². The predicted molar refractivity (Wildman–Crippen MR) is 211 cm³/mol. The molecule has 3 aromatic carbocycles. The molecule has 0 aromatic heterocycles. The summed E-state index contributed by atoms with van der Waals surface area (Å²) in [5.41, 5.74) is 8.97. The molecule has 0 fully saturated rings. The van der Waals surface area contributed by atoms with Crippen molar-refractivity contribution >= 4 is 51.6 Å². The van der Waals surface area contributed by atoms with Crippen LogP contribution in [0.25, 0.3) is 0 Å². The maximum Gasteiger partial charge on any atom is 0.217 e. The summed E-state index contributed by atoms with van der Waals surface area (Å²) in [5, 5.41) is 13.5. The Bertz CT molecular complexity index is 2090. The van der Waals surface area contributed by atoms with Crippen LogP contribution in [-0.4, -0.2) is 49.6 Å². The Morgan fingerprint density at radius 1 is 0.852 bits per heavy atom. The topological polar surface area (TPSA) is 123 Å². The van der Waals surface area contributed by atoms with Crippen LogP contribution in [-0.2, 0) is 39.0 Å².